The molecule has 2 aliphatic rings. The van der Waals surface area contributed by atoms with E-state index >= 15 is 0 Å². The monoisotopic (exact) mass is 329 g/mol. The van der Waals surface area contributed by atoms with Crippen LogP contribution in [-0.4, -0.2) is 37.2 Å². The molecule has 24 heavy (non-hydrogen) atoms. The van der Waals surface area contributed by atoms with Gasteiger partial charge in [0.05, 0.1) is 18.9 Å². The minimum atomic E-state index is -0.696. The lowest BCUT2D eigenvalue weighted by atomic mass is 10.1. The number of hydrogen-bond donors (Lipinski definition) is 3. The fourth-order valence-corrected chi connectivity index (χ4v) is 2.84. The summed E-state index contributed by atoms with van der Waals surface area (Å²) in [5, 5.41) is 5.41. The van der Waals surface area contributed by atoms with Crippen molar-refractivity contribution in [2.45, 2.75) is 0 Å². The van der Waals surface area contributed by atoms with Crippen LogP contribution in [0.1, 0.15) is 10.4 Å². The molecule has 4 N–H and O–H groups in total. The number of carbonyl (C=O) groups excluding carboxylic acids is 1. The fraction of sp³-hybridized carbons (Fsp3) is 0.250. The smallest absolute Gasteiger partial charge is 0.261 e. The van der Waals surface area contributed by atoms with Gasteiger partial charge in [-0.3, -0.25) is 4.79 Å². The molecule has 0 atom stereocenters. The molecule has 2 aromatic rings. The van der Waals surface area contributed by atoms with Crippen LogP contribution in [0.5, 0.6) is 0 Å². The molecule has 0 unspecified atom stereocenters. The molecule has 2 aliphatic heterocycles. The number of hydrogen-bond acceptors (Lipinski definition) is 6. The molecule has 0 saturated carbocycles. The molecule has 124 valence electrons. The van der Waals surface area contributed by atoms with Gasteiger partial charge in [0.1, 0.15) is 11.4 Å². The van der Waals surface area contributed by atoms with E-state index in [0.29, 0.717) is 0 Å². The first-order valence-electron chi connectivity index (χ1n) is 7.63. The van der Waals surface area contributed by atoms with Gasteiger partial charge in [0.25, 0.3) is 5.91 Å². The molecule has 7 nitrogen and oxygen atoms in total. The van der Waals surface area contributed by atoms with Crippen molar-refractivity contribution in [3.63, 3.8) is 0 Å². The number of ether oxygens (including phenoxy) is 1. The summed E-state index contributed by atoms with van der Waals surface area (Å²) >= 11 is 0. The van der Waals surface area contributed by atoms with Crippen LogP contribution >= 0.6 is 0 Å². The molecule has 1 aromatic heterocycles. The number of carbonyl (C=O) groups is 1. The van der Waals surface area contributed by atoms with Crippen molar-refractivity contribution in [2.24, 2.45) is 0 Å². The average Bonchev–Trinajstić information content (AvgIpc) is 2.59. The maximum Gasteiger partial charge on any atom is 0.261 e. The lowest BCUT2D eigenvalue weighted by Gasteiger charge is -2.29. The number of nitrogens with one attached hydrogen (secondary N) is 2. The third-order valence-corrected chi connectivity index (χ3v) is 4.14. The van der Waals surface area contributed by atoms with Crippen molar-refractivity contribution in [1.29, 1.82) is 0 Å². The van der Waals surface area contributed by atoms with Gasteiger partial charge in [-0.1, -0.05) is 0 Å². The van der Waals surface area contributed by atoms with E-state index in [0.717, 1.165) is 37.7 Å². The predicted octanol–water partition coefficient (Wildman–Crippen LogP) is 1.95. The second-order valence-corrected chi connectivity index (χ2v) is 5.64. The molecule has 4 rings (SSSR count). The number of fused-ring (bicyclic) bond motifs is 1. The van der Waals surface area contributed by atoms with E-state index in [1.807, 2.05) is 24.3 Å². The number of morpholine rings is 1. The van der Waals surface area contributed by atoms with Gasteiger partial charge >= 0.3 is 0 Å². The number of pyridine rings is 1. The third kappa shape index (κ3) is 2.41. The normalized spacial score (nSPS) is 16.2. The van der Waals surface area contributed by atoms with E-state index in [2.05, 4.69) is 20.5 Å². The second-order valence-electron chi connectivity index (χ2n) is 5.64. The van der Waals surface area contributed by atoms with Crippen molar-refractivity contribution >= 4 is 34.6 Å². The predicted molar refractivity (Wildman–Crippen MR) is 89.3 cm³/mol. The SMILES string of the molecule is Nc1nc(Nc2ccc(N3CCOCC3)cc2)c2c(c1F)NC2=O. The Hall–Kier alpha value is -2.87. The Morgan fingerprint density at radius 2 is 1.96 bits per heavy atom. The Kier molecular flexibility index (Phi) is 3.46. The summed E-state index contributed by atoms with van der Waals surface area (Å²) in [6.45, 7) is 3.16. The van der Waals surface area contributed by atoms with E-state index in [4.69, 9.17) is 10.5 Å². The summed E-state index contributed by atoms with van der Waals surface area (Å²) in [4.78, 5) is 17.8. The maximum absolute atomic E-state index is 13.7. The summed E-state index contributed by atoms with van der Waals surface area (Å²) in [5.74, 6) is -1.06. The van der Waals surface area contributed by atoms with Crippen molar-refractivity contribution in [2.75, 3.05) is 47.6 Å². The topological polar surface area (TPSA) is 92.5 Å². The maximum atomic E-state index is 13.7. The highest BCUT2D eigenvalue weighted by atomic mass is 19.1. The number of halogens is 1. The minimum absolute atomic E-state index is 0.0972. The molecule has 3 heterocycles. The Labute approximate surface area is 137 Å². The molecule has 0 aliphatic carbocycles. The number of anilines is 5. The van der Waals surface area contributed by atoms with Crippen molar-refractivity contribution in [3.8, 4) is 0 Å². The first-order valence-corrected chi connectivity index (χ1v) is 7.63. The van der Waals surface area contributed by atoms with Crippen molar-refractivity contribution in [3.05, 3.63) is 35.6 Å². The van der Waals surface area contributed by atoms with Gasteiger partial charge in [0, 0.05) is 24.5 Å². The third-order valence-electron chi connectivity index (χ3n) is 4.14. The van der Waals surface area contributed by atoms with Crippen LogP contribution in [0.25, 0.3) is 0 Å². The molecule has 0 spiro atoms. The van der Waals surface area contributed by atoms with Crippen molar-refractivity contribution in [1.82, 2.24) is 4.98 Å². The van der Waals surface area contributed by atoms with Gasteiger partial charge < -0.3 is 26.0 Å². The standard InChI is InChI=1S/C16H16FN5O2/c17-12-13-11(16(23)20-13)15(21-14(12)18)19-9-1-3-10(4-2-9)22-5-7-24-8-6-22/h1-4H,5-8H2,(H,20,23)(H3,18,19,21). The average molecular weight is 329 g/mol. The first kappa shape index (κ1) is 14.7. The number of nitrogen functional groups attached to an aromatic ring is 1. The van der Waals surface area contributed by atoms with E-state index in [9.17, 15) is 9.18 Å². The summed E-state index contributed by atoms with van der Waals surface area (Å²) in [6, 6.07) is 7.73. The van der Waals surface area contributed by atoms with Gasteiger partial charge in [-0.25, -0.2) is 9.37 Å². The van der Waals surface area contributed by atoms with Crippen molar-refractivity contribution < 1.29 is 13.9 Å². The largest absolute Gasteiger partial charge is 0.381 e. The zero-order valence-corrected chi connectivity index (χ0v) is 12.8. The van der Waals surface area contributed by atoms with Crippen LogP contribution in [-0.2, 0) is 4.74 Å². The number of amides is 1. The van der Waals surface area contributed by atoms with Crippen LogP contribution in [0.15, 0.2) is 24.3 Å². The highest BCUT2D eigenvalue weighted by Crippen LogP contribution is 2.37. The van der Waals surface area contributed by atoms with Crippen LogP contribution < -0.4 is 21.3 Å². The van der Waals surface area contributed by atoms with Gasteiger partial charge in [-0.15, -0.1) is 0 Å². The number of benzene rings is 1. The molecule has 1 amide bonds. The van der Waals surface area contributed by atoms with E-state index in [1.54, 1.807) is 0 Å². The minimum Gasteiger partial charge on any atom is -0.381 e. The number of nitrogens with zero attached hydrogens (tertiary/aromatic N) is 2. The molecular formula is C16H16FN5O2. The van der Waals surface area contributed by atoms with E-state index < -0.39 is 5.82 Å². The molecule has 0 radical (unpaired) electrons. The van der Waals surface area contributed by atoms with Gasteiger partial charge in [-0.2, -0.15) is 0 Å². The summed E-state index contributed by atoms with van der Waals surface area (Å²) in [7, 11) is 0. The van der Waals surface area contributed by atoms with Gasteiger partial charge in [0.2, 0.25) is 0 Å². The lowest BCUT2D eigenvalue weighted by Crippen LogP contribution is -2.36. The molecule has 1 aromatic carbocycles. The van der Waals surface area contributed by atoms with Crippen LogP contribution in [0.2, 0.25) is 0 Å². The van der Waals surface area contributed by atoms with E-state index in [-0.39, 0.29) is 28.8 Å². The Bertz CT molecular complexity index is 803. The Morgan fingerprint density at radius 1 is 1.25 bits per heavy atom. The van der Waals surface area contributed by atoms with Crippen LogP contribution in [0.3, 0.4) is 0 Å². The molecule has 1 fully saturated rings. The molecule has 8 heteroatoms. The zero-order valence-electron chi connectivity index (χ0n) is 12.8. The molecule has 0 bridgehead atoms. The highest BCUT2D eigenvalue weighted by molar-refractivity contribution is 6.21. The van der Waals surface area contributed by atoms with Crippen LogP contribution in [0.4, 0.5) is 33.1 Å². The van der Waals surface area contributed by atoms with Gasteiger partial charge in [-0.05, 0) is 24.3 Å². The number of nitrogens with two attached hydrogens (primary N) is 1. The van der Waals surface area contributed by atoms with Gasteiger partial charge in [0.15, 0.2) is 11.6 Å². The summed E-state index contributed by atoms with van der Waals surface area (Å²) in [5.41, 5.74) is 7.68. The zero-order chi connectivity index (χ0) is 16.7. The van der Waals surface area contributed by atoms with Crippen LogP contribution in [0, 0.1) is 5.82 Å². The Morgan fingerprint density at radius 3 is 2.62 bits per heavy atom. The summed E-state index contributed by atoms with van der Waals surface area (Å²) in [6.07, 6.45) is 0. The molecule has 1 saturated heterocycles. The fourth-order valence-electron chi connectivity index (χ4n) is 2.84. The summed E-state index contributed by atoms with van der Waals surface area (Å²) < 4.78 is 19.1. The molecular weight excluding hydrogens is 313 g/mol. The van der Waals surface area contributed by atoms with E-state index in [1.165, 1.54) is 0 Å². The Balaban J connectivity index is 1.57. The second kappa shape index (κ2) is 5.64. The highest BCUT2D eigenvalue weighted by Gasteiger charge is 2.33. The first-order chi connectivity index (χ1) is 11.6. The number of rotatable bonds is 3. The quantitative estimate of drug-likeness (QED) is 0.797. The lowest BCUT2D eigenvalue weighted by molar-refractivity contribution is 0.101. The number of aromatic nitrogens is 1.